The van der Waals surface area contributed by atoms with Gasteiger partial charge in [0.25, 0.3) is 5.91 Å². The number of aryl methyl sites for hydroxylation is 2. The topological polar surface area (TPSA) is 92.9 Å². The Balaban J connectivity index is 2.11. The lowest BCUT2D eigenvalue weighted by molar-refractivity contribution is 0.0951. The minimum Gasteiger partial charge on any atom is -0.346 e. The fraction of sp³-hybridized carbons (Fsp3) is 0.214. The molecule has 0 atom stereocenters. The van der Waals surface area contributed by atoms with Crippen molar-refractivity contribution in [2.75, 3.05) is 5.43 Å². The summed E-state index contributed by atoms with van der Waals surface area (Å²) in [5.74, 6) is 5.18. The first-order valence-electron chi connectivity index (χ1n) is 6.23. The Hall–Kier alpha value is -2.47. The van der Waals surface area contributed by atoms with Gasteiger partial charge in [-0.05, 0) is 31.5 Å². The zero-order valence-electron chi connectivity index (χ0n) is 11.5. The summed E-state index contributed by atoms with van der Waals surface area (Å²) >= 11 is 0. The number of anilines is 1. The summed E-state index contributed by atoms with van der Waals surface area (Å²) in [6.07, 6.45) is 3.21. The Labute approximate surface area is 117 Å². The van der Waals surface area contributed by atoms with Crippen LogP contribution in [0.1, 0.15) is 27.3 Å². The molecular formula is C14H17N5O. The number of nitrogens with two attached hydrogens (primary N) is 1. The van der Waals surface area contributed by atoms with Crippen molar-refractivity contribution in [3.8, 4) is 0 Å². The molecule has 4 N–H and O–H groups in total. The third-order valence-corrected chi connectivity index (χ3v) is 2.98. The van der Waals surface area contributed by atoms with E-state index >= 15 is 0 Å². The highest BCUT2D eigenvalue weighted by molar-refractivity contribution is 5.99. The molecule has 2 rings (SSSR count). The number of hydrogen-bond acceptors (Lipinski definition) is 5. The number of amides is 1. The number of nitrogens with zero attached hydrogens (tertiary/aromatic N) is 2. The molecule has 0 aromatic carbocycles. The van der Waals surface area contributed by atoms with Gasteiger partial charge >= 0.3 is 0 Å². The Bertz CT molecular complexity index is 627. The van der Waals surface area contributed by atoms with Gasteiger partial charge in [0.15, 0.2) is 0 Å². The third-order valence-electron chi connectivity index (χ3n) is 2.98. The molecule has 0 saturated heterocycles. The Kier molecular flexibility index (Phi) is 4.27. The van der Waals surface area contributed by atoms with Crippen molar-refractivity contribution in [1.82, 2.24) is 15.3 Å². The van der Waals surface area contributed by atoms with Crippen molar-refractivity contribution >= 4 is 11.6 Å². The number of nitrogens with one attached hydrogen (secondary N) is 2. The molecule has 0 fully saturated rings. The molecule has 0 spiro atoms. The molecule has 20 heavy (non-hydrogen) atoms. The van der Waals surface area contributed by atoms with Crippen LogP contribution in [0.3, 0.4) is 0 Å². The van der Waals surface area contributed by atoms with Gasteiger partial charge in [-0.2, -0.15) is 0 Å². The average Bonchev–Trinajstić information content (AvgIpc) is 2.46. The molecule has 0 aliphatic rings. The lowest BCUT2D eigenvalue weighted by Crippen LogP contribution is -2.26. The fourth-order valence-electron chi connectivity index (χ4n) is 1.82. The molecule has 0 saturated carbocycles. The van der Waals surface area contributed by atoms with Gasteiger partial charge in [-0.15, -0.1) is 0 Å². The minimum atomic E-state index is -0.240. The van der Waals surface area contributed by atoms with Crippen LogP contribution in [-0.4, -0.2) is 15.9 Å². The van der Waals surface area contributed by atoms with E-state index in [0.717, 1.165) is 17.0 Å². The maximum absolute atomic E-state index is 12.1. The first-order valence-corrected chi connectivity index (χ1v) is 6.23. The summed E-state index contributed by atoms with van der Waals surface area (Å²) < 4.78 is 0. The summed E-state index contributed by atoms with van der Waals surface area (Å²) in [5.41, 5.74) is 6.13. The van der Waals surface area contributed by atoms with Gasteiger partial charge in [0, 0.05) is 18.1 Å². The van der Waals surface area contributed by atoms with Gasteiger partial charge in [-0.1, -0.05) is 6.07 Å². The maximum atomic E-state index is 12.1. The van der Waals surface area contributed by atoms with Crippen molar-refractivity contribution in [3.63, 3.8) is 0 Å². The molecule has 6 nitrogen and oxygen atoms in total. The normalized spacial score (nSPS) is 10.2. The molecule has 1 amide bonds. The summed E-state index contributed by atoms with van der Waals surface area (Å²) in [7, 11) is 0. The highest BCUT2D eigenvalue weighted by atomic mass is 16.1. The zero-order valence-corrected chi connectivity index (χ0v) is 11.5. The van der Waals surface area contributed by atoms with E-state index < -0.39 is 0 Å². The Morgan fingerprint density at radius 1 is 1.35 bits per heavy atom. The largest absolute Gasteiger partial charge is 0.346 e. The van der Waals surface area contributed by atoms with Gasteiger partial charge in [-0.25, -0.2) is 0 Å². The van der Waals surface area contributed by atoms with Crippen molar-refractivity contribution in [2.24, 2.45) is 5.84 Å². The van der Waals surface area contributed by atoms with Crippen molar-refractivity contribution in [3.05, 3.63) is 53.1 Å². The number of carbonyl (C=O) groups excluding carboxylic acids is 1. The molecular weight excluding hydrogens is 254 g/mol. The molecule has 0 unspecified atom stereocenters. The van der Waals surface area contributed by atoms with Crippen molar-refractivity contribution in [2.45, 2.75) is 20.4 Å². The molecule has 2 aromatic heterocycles. The smallest absolute Gasteiger partial charge is 0.255 e. The summed E-state index contributed by atoms with van der Waals surface area (Å²) in [5, 5.41) is 2.81. The number of hydrazine groups is 1. The van der Waals surface area contributed by atoms with E-state index in [1.807, 2.05) is 26.0 Å². The average molecular weight is 271 g/mol. The second kappa shape index (κ2) is 6.12. The van der Waals surface area contributed by atoms with E-state index in [-0.39, 0.29) is 5.91 Å². The molecule has 104 valence electrons. The van der Waals surface area contributed by atoms with E-state index in [9.17, 15) is 4.79 Å². The van der Waals surface area contributed by atoms with Crippen LogP contribution >= 0.6 is 0 Å². The van der Waals surface area contributed by atoms with Gasteiger partial charge in [0.05, 0.1) is 23.5 Å². The van der Waals surface area contributed by atoms with Crippen molar-refractivity contribution in [1.29, 1.82) is 0 Å². The van der Waals surface area contributed by atoms with Gasteiger partial charge in [0.2, 0.25) is 0 Å². The summed E-state index contributed by atoms with van der Waals surface area (Å²) in [6, 6.07) is 5.54. The fourth-order valence-corrected chi connectivity index (χ4v) is 1.82. The second-order valence-corrected chi connectivity index (χ2v) is 4.47. The van der Waals surface area contributed by atoms with Crippen molar-refractivity contribution < 1.29 is 4.79 Å². The Morgan fingerprint density at radius 2 is 2.15 bits per heavy atom. The third kappa shape index (κ3) is 3.10. The molecule has 0 aliphatic heterocycles. The van der Waals surface area contributed by atoms with E-state index in [1.54, 1.807) is 12.3 Å². The Morgan fingerprint density at radius 3 is 2.85 bits per heavy atom. The summed E-state index contributed by atoms with van der Waals surface area (Å²) in [4.78, 5) is 20.5. The van der Waals surface area contributed by atoms with E-state index in [0.29, 0.717) is 17.8 Å². The number of hydrogen-bond donors (Lipinski definition) is 3. The molecule has 2 aromatic rings. The van der Waals surface area contributed by atoms with Crippen LogP contribution in [0.5, 0.6) is 0 Å². The number of carbonyl (C=O) groups is 1. The van der Waals surface area contributed by atoms with Crippen LogP contribution in [0.25, 0.3) is 0 Å². The van der Waals surface area contributed by atoms with E-state index in [1.165, 1.54) is 6.20 Å². The quantitative estimate of drug-likeness (QED) is 0.576. The second-order valence-electron chi connectivity index (χ2n) is 4.47. The maximum Gasteiger partial charge on any atom is 0.255 e. The minimum absolute atomic E-state index is 0.240. The first kappa shape index (κ1) is 14.0. The molecule has 6 heteroatoms. The number of nitrogen functional groups attached to an aromatic ring is 1. The number of aromatic nitrogens is 2. The van der Waals surface area contributed by atoms with Crippen LogP contribution in [0, 0.1) is 13.8 Å². The predicted molar refractivity (Wildman–Crippen MR) is 76.9 cm³/mol. The van der Waals surface area contributed by atoms with Gasteiger partial charge in [0.1, 0.15) is 0 Å². The standard InChI is InChI=1S/C14H17N5O/c1-9-4-3-5-16-13(9)8-18-14(20)11-7-17-10(2)6-12(11)19-15/h3-7H,8,15H2,1-2H3,(H,17,19)(H,18,20). The monoisotopic (exact) mass is 271 g/mol. The molecule has 0 aliphatic carbocycles. The zero-order chi connectivity index (χ0) is 14.5. The SMILES string of the molecule is Cc1cc(NN)c(C(=O)NCc2ncccc2C)cn1. The molecule has 2 heterocycles. The van der Waals surface area contributed by atoms with Crippen LogP contribution in [0.15, 0.2) is 30.6 Å². The van der Waals surface area contributed by atoms with Crippen LogP contribution in [0.2, 0.25) is 0 Å². The number of rotatable bonds is 4. The van der Waals surface area contributed by atoms with Crippen LogP contribution in [0.4, 0.5) is 5.69 Å². The van der Waals surface area contributed by atoms with Crippen LogP contribution in [-0.2, 0) is 6.54 Å². The van der Waals surface area contributed by atoms with E-state index in [2.05, 4.69) is 20.7 Å². The lowest BCUT2D eigenvalue weighted by Gasteiger charge is -2.10. The lowest BCUT2D eigenvalue weighted by atomic mass is 10.2. The first-order chi connectivity index (χ1) is 9.61. The van der Waals surface area contributed by atoms with Crippen LogP contribution < -0.4 is 16.6 Å². The number of pyridine rings is 2. The van der Waals surface area contributed by atoms with E-state index in [4.69, 9.17) is 5.84 Å². The van der Waals surface area contributed by atoms with Gasteiger partial charge in [-0.3, -0.25) is 20.6 Å². The molecule has 0 bridgehead atoms. The van der Waals surface area contributed by atoms with Gasteiger partial charge < -0.3 is 10.7 Å². The highest BCUT2D eigenvalue weighted by Gasteiger charge is 2.12. The highest BCUT2D eigenvalue weighted by Crippen LogP contribution is 2.14. The predicted octanol–water partition coefficient (Wildman–Crippen LogP) is 1.31. The summed E-state index contributed by atoms with van der Waals surface area (Å²) in [6.45, 7) is 4.15. The molecule has 0 radical (unpaired) electrons.